The number of hydrogen-bond acceptors (Lipinski definition) is 3. The van der Waals surface area contributed by atoms with Gasteiger partial charge in [-0.25, -0.2) is 0 Å². The quantitative estimate of drug-likeness (QED) is 0.703. The largest absolute Gasteiger partial charge is 0.354 e. The highest BCUT2D eigenvalue weighted by Crippen LogP contribution is 2.20. The smallest absolute Gasteiger partial charge is 0.239 e. The standard InChI is InChI=1S/C16H33N3O/c1-5-7-16(4,17)15(20)18-8-6-9-19-11-13(2)10-14(3)12-19/h13-14H,5-12,17H2,1-4H3,(H,18,20). The number of amides is 1. The van der Waals surface area contributed by atoms with Crippen LogP contribution < -0.4 is 11.1 Å². The molecule has 4 heteroatoms. The summed E-state index contributed by atoms with van der Waals surface area (Å²) >= 11 is 0. The van der Waals surface area contributed by atoms with E-state index in [2.05, 4.69) is 31.0 Å². The van der Waals surface area contributed by atoms with Gasteiger partial charge in [-0.05, 0) is 44.6 Å². The molecule has 1 fully saturated rings. The van der Waals surface area contributed by atoms with Gasteiger partial charge in [-0.15, -0.1) is 0 Å². The van der Waals surface area contributed by atoms with Gasteiger partial charge in [0.25, 0.3) is 0 Å². The Bertz CT molecular complexity index is 294. The maximum absolute atomic E-state index is 12.0. The molecule has 0 radical (unpaired) electrons. The van der Waals surface area contributed by atoms with Crippen LogP contribution in [0, 0.1) is 11.8 Å². The molecule has 0 bridgehead atoms. The van der Waals surface area contributed by atoms with Crippen LogP contribution in [0.5, 0.6) is 0 Å². The van der Waals surface area contributed by atoms with Gasteiger partial charge in [0.1, 0.15) is 0 Å². The van der Waals surface area contributed by atoms with Crippen molar-refractivity contribution in [3.63, 3.8) is 0 Å². The van der Waals surface area contributed by atoms with Crippen LogP contribution in [-0.2, 0) is 4.79 Å². The van der Waals surface area contributed by atoms with Gasteiger partial charge < -0.3 is 16.0 Å². The normalized spacial score (nSPS) is 27.1. The molecule has 0 saturated carbocycles. The Morgan fingerprint density at radius 2 is 1.95 bits per heavy atom. The minimum Gasteiger partial charge on any atom is -0.354 e. The molecule has 1 amide bonds. The molecule has 118 valence electrons. The summed E-state index contributed by atoms with van der Waals surface area (Å²) in [5.74, 6) is 1.58. The van der Waals surface area contributed by atoms with Crippen molar-refractivity contribution in [3.8, 4) is 0 Å². The maximum atomic E-state index is 12.0. The first-order chi connectivity index (χ1) is 9.35. The molecular weight excluding hydrogens is 250 g/mol. The summed E-state index contributed by atoms with van der Waals surface area (Å²) in [6.45, 7) is 12.7. The van der Waals surface area contributed by atoms with Gasteiger partial charge >= 0.3 is 0 Å². The van der Waals surface area contributed by atoms with E-state index in [1.807, 2.05) is 6.92 Å². The first kappa shape index (κ1) is 17.4. The molecule has 1 aliphatic rings. The number of hydrogen-bond donors (Lipinski definition) is 2. The molecule has 0 aromatic carbocycles. The number of carbonyl (C=O) groups excluding carboxylic acids is 1. The van der Waals surface area contributed by atoms with E-state index >= 15 is 0 Å². The summed E-state index contributed by atoms with van der Waals surface area (Å²) in [6, 6.07) is 0. The summed E-state index contributed by atoms with van der Waals surface area (Å²) < 4.78 is 0. The van der Waals surface area contributed by atoms with Crippen LogP contribution in [0.15, 0.2) is 0 Å². The lowest BCUT2D eigenvalue weighted by Crippen LogP contribution is -2.52. The molecule has 1 rings (SSSR count). The van der Waals surface area contributed by atoms with E-state index in [0.717, 1.165) is 44.2 Å². The Hall–Kier alpha value is -0.610. The molecule has 3 unspecified atom stereocenters. The van der Waals surface area contributed by atoms with Gasteiger partial charge in [0, 0.05) is 19.6 Å². The number of nitrogens with two attached hydrogens (primary N) is 1. The van der Waals surface area contributed by atoms with Gasteiger partial charge in [-0.1, -0.05) is 27.2 Å². The van der Waals surface area contributed by atoms with E-state index in [4.69, 9.17) is 5.73 Å². The minimum absolute atomic E-state index is 0.0141. The fourth-order valence-corrected chi connectivity index (χ4v) is 3.31. The third-order valence-corrected chi connectivity index (χ3v) is 4.17. The number of likely N-dealkylation sites (tertiary alicyclic amines) is 1. The fourth-order valence-electron chi connectivity index (χ4n) is 3.31. The topological polar surface area (TPSA) is 58.4 Å². The second kappa shape index (κ2) is 7.99. The summed E-state index contributed by atoms with van der Waals surface area (Å²) in [6.07, 6.45) is 4.02. The highest BCUT2D eigenvalue weighted by molar-refractivity contribution is 5.85. The zero-order valence-corrected chi connectivity index (χ0v) is 13.7. The van der Waals surface area contributed by atoms with E-state index < -0.39 is 5.54 Å². The molecule has 0 aromatic heterocycles. The predicted octanol–water partition coefficient (Wildman–Crippen LogP) is 1.99. The van der Waals surface area contributed by atoms with E-state index in [-0.39, 0.29) is 5.91 Å². The first-order valence-corrected chi connectivity index (χ1v) is 8.14. The molecule has 4 nitrogen and oxygen atoms in total. The molecule has 1 heterocycles. The Balaban J connectivity index is 2.20. The average molecular weight is 283 g/mol. The molecule has 0 aliphatic carbocycles. The van der Waals surface area contributed by atoms with Crippen LogP contribution in [-0.4, -0.2) is 42.5 Å². The molecule has 20 heavy (non-hydrogen) atoms. The molecular formula is C16H33N3O. The van der Waals surface area contributed by atoms with Crippen molar-refractivity contribution in [2.24, 2.45) is 17.6 Å². The number of carbonyl (C=O) groups is 1. The van der Waals surface area contributed by atoms with Crippen molar-refractivity contribution in [1.29, 1.82) is 0 Å². The third-order valence-electron chi connectivity index (χ3n) is 4.17. The number of nitrogens with zero attached hydrogens (tertiary/aromatic N) is 1. The molecule has 3 N–H and O–H groups in total. The Morgan fingerprint density at radius 1 is 1.35 bits per heavy atom. The lowest BCUT2D eigenvalue weighted by molar-refractivity contribution is -0.126. The van der Waals surface area contributed by atoms with E-state index in [1.54, 1.807) is 0 Å². The van der Waals surface area contributed by atoms with E-state index in [9.17, 15) is 4.79 Å². The number of nitrogens with one attached hydrogen (secondary N) is 1. The summed E-state index contributed by atoms with van der Waals surface area (Å²) in [4.78, 5) is 14.5. The van der Waals surface area contributed by atoms with Gasteiger partial charge in [0.15, 0.2) is 0 Å². The monoisotopic (exact) mass is 283 g/mol. The number of piperidine rings is 1. The van der Waals surface area contributed by atoms with E-state index in [0.29, 0.717) is 0 Å². The zero-order chi connectivity index (χ0) is 15.2. The van der Waals surface area contributed by atoms with Crippen molar-refractivity contribution in [3.05, 3.63) is 0 Å². The Kier molecular flexibility index (Phi) is 6.96. The molecule has 0 spiro atoms. The summed E-state index contributed by atoms with van der Waals surface area (Å²) in [7, 11) is 0. The van der Waals surface area contributed by atoms with Crippen molar-refractivity contribution < 1.29 is 4.79 Å². The van der Waals surface area contributed by atoms with Crippen molar-refractivity contribution >= 4 is 5.91 Å². The van der Waals surface area contributed by atoms with Gasteiger partial charge in [0.05, 0.1) is 5.54 Å². The zero-order valence-electron chi connectivity index (χ0n) is 13.7. The van der Waals surface area contributed by atoms with E-state index in [1.165, 1.54) is 19.5 Å². The SMILES string of the molecule is CCCC(C)(N)C(=O)NCCCN1CC(C)CC(C)C1. The molecule has 1 saturated heterocycles. The van der Waals surface area contributed by atoms with Crippen LogP contribution in [0.2, 0.25) is 0 Å². The Labute approximate surface area is 124 Å². The number of rotatable bonds is 7. The third kappa shape index (κ3) is 5.80. The van der Waals surface area contributed by atoms with Gasteiger partial charge in [0.2, 0.25) is 5.91 Å². The molecule has 1 aliphatic heterocycles. The lowest BCUT2D eigenvalue weighted by Gasteiger charge is -2.35. The molecule has 0 aromatic rings. The van der Waals surface area contributed by atoms with Gasteiger partial charge in [-0.2, -0.15) is 0 Å². The summed E-state index contributed by atoms with van der Waals surface area (Å²) in [5.41, 5.74) is 5.29. The van der Waals surface area contributed by atoms with Crippen molar-refractivity contribution in [1.82, 2.24) is 10.2 Å². The first-order valence-electron chi connectivity index (χ1n) is 8.14. The summed E-state index contributed by atoms with van der Waals surface area (Å²) in [5, 5.41) is 2.98. The van der Waals surface area contributed by atoms with Crippen LogP contribution in [0.1, 0.15) is 53.4 Å². The second-order valence-corrected chi connectivity index (χ2v) is 6.98. The van der Waals surface area contributed by atoms with Crippen LogP contribution in [0.4, 0.5) is 0 Å². The lowest BCUT2D eigenvalue weighted by atomic mass is 9.92. The predicted molar refractivity (Wildman–Crippen MR) is 84.5 cm³/mol. The minimum atomic E-state index is -0.719. The highest BCUT2D eigenvalue weighted by atomic mass is 16.2. The van der Waals surface area contributed by atoms with Gasteiger partial charge in [-0.3, -0.25) is 4.79 Å². The van der Waals surface area contributed by atoms with Crippen LogP contribution in [0.25, 0.3) is 0 Å². The fraction of sp³-hybridized carbons (Fsp3) is 0.938. The Morgan fingerprint density at radius 3 is 2.50 bits per heavy atom. The van der Waals surface area contributed by atoms with Crippen molar-refractivity contribution in [2.75, 3.05) is 26.2 Å². The van der Waals surface area contributed by atoms with Crippen molar-refractivity contribution in [2.45, 2.75) is 58.9 Å². The highest BCUT2D eigenvalue weighted by Gasteiger charge is 2.26. The average Bonchev–Trinajstić information content (AvgIpc) is 2.33. The van der Waals surface area contributed by atoms with Crippen LogP contribution >= 0.6 is 0 Å². The maximum Gasteiger partial charge on any atom is 0.239 e. The molecule has 3 atom stereocenters. The van der Waals surface area contributed by atoms with Crippen LogP contribution in [0.3, 0.4) is 0 Å². The second-order valence-electron chi connectivity index (χ2n) is 6.98.